The molecule has 0 amide bonds. The molecule has 3 radical (unpaired) electrons. The minimum atomic E-state index is -4.80. The Hall–Kier alpha value is 2.87. The summed E-state index contributed by atoms with van der Waals surface area (Å²) < 4.78 is 14.6. The average molecular weight is 802 g/mol. The molecule has 0 aliphatic carbocycles. The Morgan fingerprint density at radius 3 is 1.81 bits per heavy atom. The minimum absolute atomic E-state index is 0.0200. The number of halogens is 4. The van der Waals surface area contributed by atoms with Crippen LogP contribution in [0.25, 0.3) is 0 Å². The van der Waals surface area contributed by atoms with E-state index in [1.165, 1.54) is 0 Å². The summed E-state index contributed by atoms with van der Waals surface area (Å²) in [7, 11) is 6.81. The van der Waals surface area contributed by atoms with E-state index in [0.717, 1.165) is 0 Å². The first-order valence-electron chi connectivity index (χ1n) is 8.76. The fraction of sp³-hybridized carbons (Fsp3) is 1.00. The van der Waals surface area contributed by atoms with Gasteiger partial charge in [-0.1, -0.05) is 0 Å². The van der Waals surface area contributed by atoms with Crippen LogP contribution in [0.2, 0.25) is 12.1 Å². The molecule has 203 valence electrons. The number of hydrogen-bond acceptors (Lipinski definition) is 12. The van der Waals surface area contributed by atoms with Gasteiger partial charge < -0.3 is 58.4 Å². The molecule has 0 heterocycles. The van der Waals surface area contributed by atoms with E-state index in [1.54, 1.807) is 0 Å². The molecule has 0 aromatic rings. The Kier molecular flexibility index (Phi) is 35.0. The van der Waals surface area contributed by atoms with E-state index in [9.17, 15) is 19.2 Å². The van der Waals surface area contributed by atoms with Crippen LogP contribution in [0.15, 0.2) is 0 Å². The van der Waals surface area contributed by atoms with Crippen LogP contribution in [-0.4, -0.2) is 100 Å². The van der Waals surface area contributed by atoms with Gasteiger partial charge in [-0.2, -0.15) is 0 Å². The van der Waals surface area contributed by atoms with E-state index < -0.39 is 37.1 Å². The van der Waals surface area contributed by atoms with Gasteiger partial charge >= 0.3 is 107 Å². The predicted molar refractivity (Wildman–Crippen MR) is 123 cm³/mol. The molecule has 22 heteroatoms. The van der Waals surface area contributed by atoms with Crippen molar-refractivity contribution in [2.75, 3.05) is 39.3 Å². The second-order valence-electron chi connectivity index (χ2n) is 5.43. The second-order valence-corrected chi connectivity index (χ2v) is 17.1. The number of nitrogens with one attached hydrogen (secondary N) is 2. The zero-order chi connectivity index (χ0) is 25.3. The third-order valence-corrected chi connectivity index (χ3v) is 10.7. The molecule has 0 saturated heterocycles. The van der Waals surface area contributed by atoms with Gasteiger partial charge in [-0.25, -0.2) is 0 Å². The monoisotopic (exact) mass is 799 g/mol. The van der Waals surface area contributed by atoms with Crippen LogP contribution in [0, 0.1) is 0 Å². The summed E-state index contributed by atoms with van der Waals surface area (Å²) in [5, 5.41) is 6.04. The van der Waals surface area contributed by atoms with E-state index in [4.69, 9.17) is 66.7 Å². The summed E-state index contributed by atoms with van der Waals surface area (Å²) >= 11 is -0.211. The van der Waals surface area contributed by atoms with E-state index in [1.807, 2.05) is 0 Å². The molecule has 1 atom stereocenters. The van der Waals surface area contributed by atoms with E-state index >= 15 is 0 Å². The standard InChI is InChI=1S/C10H31N4O8Si4.4ClH.2Pd/c11-3-7-13-5-1-9-24(16)21-26(18,19)22-25(17,20-23-15)10-2-6-14-8-4-12;;;;;;/h13-19H,1-12H2;4*1H;;/q;;;;;2*+2/p-4. The number of nitrogens with two attached hydrogens (primary N) is 2. The fourth-order valence-electron chi connectivity index (χ4n) is 1.88. The van der Waals surface area contributed by atoms with Crippen molar-refractivity contribution >= 4 is 75.3 Å². The van der Waals surface area contributed by atoms with Crippen LogP contribution in [0.3, 0.4) is 0 Å². The van der Waals surface area contributed by atoms with Crippen molar-refractivity contribution in [1.29, 1.82) is 0 Å². The Morgan fingerprint density at radius 2 is 1.38 bits per heavy atom. The molecule has 11 N–H and O–H groups in total. The van der Waals surface area contributed by atoms with E-state index in [2.05, 4.69) is 10.6 Å². The average Bonchev–Trinajstić information content (AvgIpc) is 2.68. The third kappa shape index (κ3) is 30.9. The van der Waals surface area contributed by atoms with Crippen molar-refractivity contribution in [2.24, 2.45) is 11.5 Å². The first kappa shape index (κ1) is 39.4. The molecule has 0 fully saturated rings. The summed E-state index contributed by atoms with van der Waals surface area (Å²) in [6, 6.07) is 0.209. The van der Waals surface area contributed by atoms with Crippen LogP contribution in [0.5, 0.6) is 0 Å². The molecule has 0 saturated carbocycles. The molecule has 0 spiro atoms. The van der Waals surface area contributed by atoms with Crippen LogP contribution in [0.1, 0.15) is 12.8 Å². The van der Waals surface area contributed by atoms with Crippen molar-refractivity contribution in [3.05, 3.63) is 0 Å². The molecule has 0 aromatic heterocycles. The van der Waals surface area contributed by atoms with Gasteiger partial charge in [0.2, 0.25) is 0 Å². The first-order valence-corrected chi connectivity index (χ1v) is 22.9. The zero-order valence-electron chi connectivity index (χ0n) is 16.8. The molecule has 32 heavy (non-hydrogen) atoms. The Labute approximate surface area is 227 Å². The summed E-state index contributed by atoms with van der Waals surface area (Å²) in [4.78, 5) is 48.9. The van der Waals surface area contributed by atoms with E-state index in [-0.39, 0.29) is 44.0 Å². The van der Waals surface area contributed by atoms with Gasteiger partial charge in [-0.15, -0.1) is 0 Å². The van der Waals surface area contributed by atoms with Gasteiger partial charge in [0.25, 0.3) is 0 Å². The van der Waals surface area contributed by atoms with Crippen LogP contribution in [-0.2, 0) is 44.2 Å². The summed E-state index contributed by atoms with van der Waals surface area (Å²) in [5.41, 5.74) is 10.7. The van der Waals surface area contributed by atoms with Gasteiger partial charge in [-0.3, -0.25) is 0 Å². The summed E-state index contributed by atoms with van der Waals surface area (Å²) in [5.74, 6) is 0. The molecule has 1 unspecified atom stereocenters. The van der Waals surface area contributed by atoms with Crippen LogP contribution in [0.4, 0.5) is 0 Å². The number of hydrogen-bond donors (Lipinski definition) is 9. The Balaban J connectivity index is -0.00000125. The van der Waals surface area contributed by atoms with Gasteiger partial charge in [0.15, 0.2) is 0 Å². The van der Waals surface area contributed by atoms with Crippen molar-refractivity contribution in [3.63, 3.8) is 0 Å². The molecule has 0 rings (SSSR count). The van der Waals surface area contributed by atoms with Gasteiger partial charge in [0.05, 0.1) is 0 Å². The van der Waals surface area contributed by atoms with Crippen molar-refractivity contribution in [2.45, 2.75) is 24.9 Å². The van der Waals surface area contributed by atoms with Gasteiger partial charge in [-0.05, 0) is 32.0 Å². The predicted octanol–water partition coefficient (Wildman–Crippen LogP) is -1.98. The molecule has 0 aromatic carbocycles. The zero-order valence-corrected chi connectivity index (χ0v) is 27.0. The Morgan fingerprint density at radius 1 is 0.906 bits per heavy atom. The first-order chi connectivity index (χ1) is 15.1. The van der Waals surface area contributed by atoms with Crippen molar-refractivity contribution < 1.29 is 68.2 Å². The van der Waals surface area contributed by atoms with Crippen LogP contribution >= 0.6 is 38.1 Å². The molecule has 12 nitrogen and oxygen atoms in total. The quantitative estimate of drug-likeness (QED) is 0.0547. The maximum absolute atomic E-state index is 10.3. The van der Waals surface area contributed by atoms with Gasteiger partial charge in [0, 0.05) is 32.2 Å². The number of rotatable bonds is 18. The van der Waals surface area contributed by atoms with Gasteiger partial charge in [0.1, 0.15) is 0 Å². The van der Waals surface area contributed by atoms with Crippen molar-refractivity contribution in [1.82, 2.24) is 10.6 Å². The third-order valence-electron chi connectivity index (χ3n) is 2.98. The molecular formula is C10H31Cl4N4O8Pd2Si4. The maximum atomic E-state index is 10.3. The summed E-state index contributed by atoms with van der Waals surface area (Å²) in [6.45, 7) is 3.32. The molecular weight excluding hydrogens is 771 g/mol. The SMILES string of the molecule is NCCNCCC[Si](O)O[Si](O)(O)O[Si](O)(CCCNCCN)O[Si]O.[Cl][Pd][Cl].[Cl][Pd][Cl]. The van der Waals surface area contributed by atoms with Crippen LogP contribution < -0.4 is 22.1 Å². The Bertz CT molecular complexity index is 404. The molecule has 0 aliphatic heterocycles. The molecule has 0 aliphatic rings. The second kappa shape index (κ2) is 28.4. The van der Waals surface area contributed by atoms with Crippen molar-refractivity contribution in [3.8, 4) is 0 Å². The molecule has 0 bridgehead atoms. The normalized spacial score (nSPS) is 13.4. The topological polar surface area (TPSA) is 205 Å². The fourth-order valence-corrected chi connectivity index (χ4v) is 8.75. The van der Waals surface area contributed by atoms with E-state index in [0.29, 0.717) is 52.1 Å². The summed E-state index contributed by atoms with van der Waals surface area (Å²) in [6.07, 6.45) is 0.958.